The van der Waals surface area contributed by atoms with Crippen molar-refractivity contribution in [3.8, 4) is 0 Å². The molecule has 1 aliphatic heterocycles. The minimum absolute atomic E-state index is 0.0523. The number of aromatic nitrogens is 3. The molecule has 0 amide bonds. The molecule has 0 spiro atoms. The Morgan fingerprint density at radius 3 is 2.38 bits per heavy atom. The highest BCUT2D eigenvalue weighted by atomic mass is 19.4. The summed E-state index contributed by atoms with van der Waals surface area (Å²) >= 11 is 0. The smallest absolute Gasteiger partial charge is 0.368 e. The molecule has 0 bridgehead atoms. The van der Waals surface area contributed by atoms with E-state index in [1.54, 1.807) is 23.1 Å². The number of pyridine rings is 1. The van der Waals surface area contributed by atoms with Gasteiger partial charge in [0.15, 0.2) is 5.78 Å². The first-order valence-corrected chi connectivity index (χ1v) is 12.1. The summed E-state index contributed by atoms with van der Waals surface area (Å²) in [6, 6.07) is 8.51. The Morgan fingerprint density at radius 1 is 1.08 bits per heavy atom. The van der Waals surface area contributed by atoms with E-state index in [0.29, 0.717) is 27.8 Å². The first kappa shape index (κ1) is 26.8. The zero-order chi connectivity index (χ0) is 26.8. The largest absolute Gasteiger partial charge is 0.451 e. The number of halogens is 5. The first-order valence-electron chi connectivity index (χ1n) is 12.1. The lowest BCUT2D eigenvalue weighted by atomic mass is 9.95. The van der Waals surface area contributed by atoms with E-state index in [-0.39, 0.29) is 50.6 Å². The minimum Gasteiger partial charge on any atom is -0.368 e. The number of nitrogens with zero attached hydrogens (tertiary/aromatic N) is 4. The second kappa shape index (κ2) is 10.6. The highest BCUT2D eigenvalue weighted by Gasteiger charge is 2.38. The standard InChI is InChI=1S/C26H28F5N5O/c1-16(2)34-23-9-6-18-19(4-3-5-20(18)35-23)22(37)8-7-21(36-12-10-25(27,28)11-13-36)17-14-32-24(33-15-17)26(29,30)31/h3-6,9,14-16,21H,7-8,10-13H2,1-2H3,(H,34,35). The van der Waals surface area contributed by atoms with Crippen LogP contribution in [0.5, 0.6) is 0 Å². The Labute approximate surface area is 211 Å². The summed E-state index contributed by atoms with van der Waals surface area (Å²) in [5, 5.41) is 3.91. The number of Topliss-reactive ketones (excluding diaryl/α,β-unsaturated/α-hetero) is 1. The molecule has 11 heteroatoms. The Balaban J connectivity index is 1.55. The summed E-state index contributed by atoms with van der Waals surface area (Å²) in [5.41, 5.74) is 1.49. The molecule has 1 N–H and O–H groups in total. The van der Waals surface area contributed by atoms with E-state index in [9.17, 15) is 26.7 Å². The molecule has 3 heterocycles. The van der Waals surface area contributed by atoms with Crippen LogP contribution in [0.15, 0.2) is 42.7 Å². The SMILES string of the molecule is CC(C)Nc1ccc2c(C(=O)CCC(c3cnc(C(F)(F)F)nc3)N3CCC(F)(F)CC3)cccc2n1. The van der Waals surface area contributed by atoms with Crippen LogP contribution in [0, 0.1) is 0 Å². The summed E-state index contributed by atoms with van der Waals surface area (Å²) < 4.78 is 66.4. The summed E-state index contributed by atoms with van der Waals surface area (Å²) in [5.74, 6) is -3.54. The normalized spacial score (nSPS) is 17.2. The number of hydrogen-bond donors (Lipinski definition) is 1. The number of anilines is 1. The number of nitrogens with one attached hydrogen (secondary N) is 1. The monoisotopic (exact) mass is 521 g/mol. The Kier molecular flexibility index (Phi) is 7.72. The summed E-state index contributed by atoms with van der Waals surface area (Å²) in [6.45, 7) is 4.09. The highest BCUT2D eigenvalue weighted by molar-refractivity contribution is 6.07. The van der Waals surface area contributed by atoms with Crippen LogP contribution in [-0.2, 0) is 6.18 Å². The van der Waals surface area contributed by atoms with Crippen molar-refractivity contribution in [3.05, 3.63) is 59.7 Å². The number of rotatable bonds is 8. The number of carbonyl (C=O) groups excluding carboxylic acids is 1. The minimum atomic E-state index is -4.69. The van der Waals surface area contributed by atoms with Crippen molar-refractivity contribution in [1.29, 1.82) is 0 Å². The second-order valence-electron chi connectivity index (χ2n) is 9.58. The molecule has 1 aliphatic rings. The topological polar surface area (TPSA) is 71.0 Å². The van der Waals surface area contributed by atoms with Gasteiger partial charge in [0.25, 0.3) is 5.92 Å². The number of fused-ring (bicyclic) bond motifs is 1. The van der Waals surface area contributed by atoms with Gasteiger partial charge in [-0.1, -0.05) is 12.1 Å². The van der Waals surface area contributed by atoms with Crippen LogP contribution < -0.4 is 5.32 Å². The number of alkyl halides is 5. The number of carbonyl (C=O) groups is 1. The fourth-order valence-electron chi connectivity index (χ4n) is 4.56. The molecule has 0 aliphatic carbocycles. The van der Waals surface area contributed by atoms with Gasteiger partial charge in [0.1, 0.15) is 5.82 Å². The molecular weight excluding hydrogens is 493 g/mol. The molecule has 1 aromatic carbocycles. The molecule has 0 radical (unpaired) electrons. The van der Waals surface area contributed by atoms with Crippen molar-refractivity contribution < 1.29 is 26.7 Å². The molecule has 6 nitrogen and oxygen atoms in total. The maximum atomic E-state index is 13.8. The van der Waals surface area contributed by atoms with Crippen LogP contribution in [0.3, 0.4) is 0 Å². The third-order valence-corrected chi connectivity index (χ3v) is 6.39. The highest BCUT2D eigenvalue weighted by Crippen LogP contribution is 2.35. The quantitative estimate of drug-likeness (QED) is 0.277. The molecule has 1 atom stereocenters. The van der Waals surface area contributed by atoms with Gasteiger partial charge in [-0.3, -0.25) is 9.69 Å². The van der Waals surface area contributed by atoms with Gasteiger partial charge >= 0.3 is 6.18 Å². The van der Waals surface area contributed by atoms with Crippen LogP contribution in [0.4, 0.5) is 27.8 Å². The maximum Gasteiger partial charge on any atom is 0.451 e. The van der Waals surface area contributed by atoms with Crippen molar-refractivity contribution >= 4 is 22.5 Å². The van der Waals surface area contributed by atoms with Gasteiger partial charge in [0.05, 0.1) is 5.52 Å². The van der Waals surface area contributed by atoms with Gasteiger partial charge in [0, 0.05) is 73.3 Å². The van der Waals surface area contributed by atoms with Gasteiger partial charge in [-0.05, 0) is 38.5 Å². The lowest BCUT2D eigenvalue weighted by Crippen LogP contribution is -2.41. The number of ketones is 1. The average molecular weight is 522 g/mol. The fourth-order valence-corrected chi connectivity index (χ4v) is 4.56. The second-order valence-corrected chi connectivity index (χ2v) is 9.58. The molecule has 3 aromatic rings. The van der Waals surface area contributed by atoms with Crippen molar-refractivity contribution in [2.24, 2.45) is 0 Å². The predicted molar refractivity (Wildman–Crippen MR) is 130 cm³/mol. The van der Waals surface area contributed by atoms with Crippen LogP contribution in [0.2, 0.25) is 0 Å². The lowest BCUT2D eigenvalue weighted by molar-refractivity contribution is -0.145. The van der Waals surface area contributed by atoms with Crippen molar-refractivity contribution in [2.45, 2.75) is 63.7 Å². The van der Waals surface area contributed by atoms with E-state index >= 15 is 0 Å². The zero-order valence-electron chi connectivity index (χ0n) is 20.5. The number of benzene rings is 1. The molecular formula is C26H28F5N5O. The van der Waals surface area contributed by atoms with E-state index in [1.165, 1.54) is 0 Å². The number of likely N-dealkylation sites (tertiary alicyclic amines) is 1. The molecule has 0 saturated carbocycles. The van der Waals surface area contributed by atoms with Gasteiger partial charge < -0.3 is 5.32 Å². The predicted octanol–water partition coefficient (Wildman–Crippen LogP) is 6.30. The van der Waals surface area contributed by atoms with Crippen molar-refractivity contribution in [1.82, 2.24) is 19.9 Å². The Bertz CT molecular complexity index is 1240. The molecule has 37 heavy (non-hydrogen) atoms. The maximum absolute atomic E-state index is 13.8. The Morgan fingerprint density at radius 2 is 1.76 bits per heavy atom. The molecule has 2 aromatic heterocycles. The average Bonchev–Trinajstić information content (AvgIpc) is 2.83. The third-order valence-electron chi connectivity index (χ3n) is 6.39. The van der Waals surface area contributed by atoms with E-state index in [0.717, 1.165) is 12.4 Å². The van der Waals surface area contributed by atoms with Crippen LogP contribution in [0.25, 0.3) is 10.9 Å². The molecule has 1 saturated heterocycles. The summed E-state index contributed by atoms with van der Waals surface area (Å²) in [7, 11) is 0. The van der Waals surface area contributed by atoms with Gasteiger partial charge in [-0.15, -0.1) is 0 Å². The molecule has 198 valence electrons. The molecule has 1 unspecified atom stereocenters. The van der Waals surface area contributed by atoms with Crippen LogP contribution in [0.1, 0.15) is 67.3 Å². The van der Waals surface area contributed by atoms with Crippen LogP contribution in [-0.4, -0.2) is 50.7 Å². The van der Waals surface area contributed by atoms with E-state index in [1.807, 2.05) is 26.0 Å². The van der Waals surface area contributed by atoms with Crippen molar-refractivity contribution in [3.63, 3.8) is 0 Å². The number of hydrogen-bond acceptors (Lipinski definition) is 6. The number of piperidine rings is 1. The fraction of sp³-hybridized carbons (Fsp3) is 0.462. The van der Waals surface area contributed by atoms with Crippen LogP contribution >= 0.6 is 0 Å². The van der Waals surface area contributed by atoms with Gasteiger partial charge in [-0.25, -0.2) is 23.7 Å². The van der Waals surface area contributed by atoms with E-state index in [2.05, 4.69) is 20.3 Å². The zero-order valence-corrected chi connectivity index (χ0v) is 20.5. The van der Waals surface area contributed by atoms with E-state index < -0.39 is 24.0 Å². The molecule has 1 fully saturated rings. The molecule has 4 rings (SSSR count). The van der Waals surface area contributed by atoms with E-state index in [4.69, 9.17) is 0 Å². The summed E-state index contributed by atoms with van der Waals surface area (Å²) in [6.07, 6.45) is -2.99. The first-order chi connectivity index (χ1) is 17.4. The third kappa shape index (κ3) is 6.57. The summed E-state index contributed by atoms with van der Waals surface area (Å²) in [4.78, 5) is 26.5. The van der Waals surface area contributed by atoms with Gasteiger partial charge in [-0.2, -0.15) is 13.2 Å². The van der Waals surface area contributed by atoms with Gasteiger partial charge in [0.2, 0.25) is 5.82 Å². The lowest BCUT2D eigenvalue weighted by Gasteiger charge is -2.37. The Hall–Kier alpha value is -3.21. The van der Waals surface area contributed by atoms with Crippen molar-refractivity contribution in [2.75, 3.05) is 18.4 Å².